The molecule has 0 fully saturated rings. The molecule has 0 aliphatic carbocycles. The molecule has 0 amide bonds. The Morgan fingerprint density at radius 3 is 2.76 bits per heavy atom. The zero-order valence-corrected chi connectivity index (χ0v) is 10.5. The van der Waals surface area contributed by atoms with E-state index in [0.717, 1.165) is 24.9 Å². The average Bonchev–Trinajstić information content (AvgIpc) is 2.38. The number of hydrogen-bond donors (Lipinski definition) is 3. The first-order valence-corrected chi connectivity index (χ1v) is 5.95. The first-order chi connectivity index (χ1) is 8.27. The van der Waals surface area contributed by atoms with Crippen LogP contribution in [0.4, 0.5) is 0 Å². The van der Waals surface area contributed by atoms with Gasteiger partial charge in [0.2, 0.25) is 5.96 Å². The molecule has 1 aromatic rings. The Labute approximate surface area is 103 Å². The lowest BCUT2D eigenvalue weighted by molar-refractivity contribution is 0.682. The van der Waals surface area contributed by atoms with Crippen LogP contribution in [0.1, 0.15) is 38.3 Å². The van der Waals surface area contributed by atoms with Crippen molar-refractivity contribution in [3.8, 4) is 0 Å². The fourth-order valence-corrected chi connectivity index (χ4v) is 1.42. The number of aromatic nitrogens is 1. The predicted octanol–water partition coefficient (Wildman–Crippen LogP) is 1.35. The molecule has 0 aromatic carbocycles. The summed E-state index contributed by atoms with van der Waals surface area (Å²) in [5, 5.41) is 3.23. The summed E-state index contributed by atoms with van der Waals surface area (Å²) in [7, 11) is 0. The standard InChI is InChI=1S/C12H21N5/c1-3-4-7-15-12(17-13)16-10(2)11-5-8-14-9-6-11/h5-6,8-10H,3-4,7,13H2,1-2H3,(H2,15,16,17). The lowest BCUT2D eigenvalue weighted by atomic mass is 10.1. The SMILES string of the molecule is CCCCN=C(NN)NC(C)c1ccncc1. The number of rotatable bonds is 5. The highest BCUT2D eigenvalue weighted by Crippen LogP contribution is 2.09. The molecule has 0 aliphatic heterocycles. The smallest absolute Gasteiger partial charge is 0.206 e. The minimum Gasteiger partial charge on any atom is -0.349 e. The Hall–Kier alpha value is -1.62. The van der Waals surface area contributed by atoms with Gasteiger partial charge in [-0.25, -0.2) is 5.84 Å². The van der Waals surface area contributed by atoms with Crippen LogP contribution in [0.5, 0.6) is 0 Å². The van der Waals surface area contributed by atoms with Crippen LogP contribution in [0.2, 0.25) is 0 Å². The molecule has 0 bridgehead atoms. The normalized spacial score (nSPS) is 13.2. The third-order valence-corrected chi connectivity index (χ3v) is 2.48. The van der Waals surface area contributed by atoms with Gasteiger partial charge in [0.05, 0.1) is 6.04 Å². The minimum atomic E-state index is 0.148. The van der Waals surface area contributed by atoms with Crippen LogP contribution in [0, 0.1) is 0 Å². The zero-order valence-electron chi connectivity index (χ0n) is 10.5. The van der Waals surface area contributed by atoms with Gasteiger partial charge in [0, 0.05) is 18.9 Å². The van der Waals surface area contributed by atoms with E-state index in [1.165, 1.54) is 0 Å². The lowest BCUT2D eigenvalue weighted by Crippen LogP contribution is -2.42. The number of nitrogens with zero attached hydrogens (tertiary/aromatic N) is 2. The zero-order chi connectivity index (χ0) is 12.5. The van der Waals surface area contributed by atoms with Crippen LogP contribution in [0.3, 0.4) is 0 Å². The number of aliphatic imine (C=N–C) groups is 1. The van der Waals surface area contributed by atoms with Crippen molar-refractivity contribution < 1.29 is 0 Å². The fraction of sp³-hybridized carbons (Fsp3) is 0.500. The molecule has 1 heterocycles. The lowest BCUT2D eigenvalue weighted by Gasteiger charge is -2.16. The maximum atomic E-state index is 5.43. The monoisotopic (exact) mass is 235 g/mol. The highest BCUT2D eigenvalue weighted by atomic mass is 15.3. The number of guanidine groups is 1. The summed E-state index contributed by atoms with van der Waals surface area (Å²) in [6, 6.07) is 4.09. The summed E-state index contributed by atoms with van der Waals surface area (Å²) in [5.74, 6) is 6.05. The van der Waals surface area contributed by atoms with Crippen molar-refractivity contribution >= 4 is 5.96 Å². The Balaban J connectivity index is 2.53. The Bertz CT molecular complexity index is 336. The number of nitrogens with two attached hydrogens (primary N) is 1. The van der Waals surface area contributed by atoms with Crippen molar-refractivity contribution in [2.45, 2.75) is 32.7 Å². The summed E-state index contributed by atoms with van der Waals surface area (Å²) in [6.45, 7) is 4.98. The second kappa shape index (κ2) is 7.62. The minimum absolute atomic E-state index is 0.148. The molecule has 0 spiro atoms. The number of nitrogens with one attached hydrogen (secondary N) is 2. The van der Waals surface area contributed by atoms with E-state index >= 15 is 0 Å². The quantitative estimate of drug-likeness (QED) is 0.237. The molecule has 94 valence electrons. The third-order valence-electron chi connectivity index (χ3n) is 2.48. The molecule has 1 atom stereocenters. The van der Waals surface area contributed by atoms with Crippen molar-refractivity contribution in [2.24, 2.45) is 10.8 Å². The van der Waals surface area contributed by atoms with E-state index in [2.05, 4.69) is 34.6 Å². The van der Waals surface area contributed by atoms with Crippen LogP contribution in [-0.4, -0.2) is 17.5 Å². The molecule has 1 rings (SSSR count). The molecule has 17 heavy (non-hydrogen) atoms. The van der Waals surface area contributed by atoms with Gasteiger partial charge in [0.15, 0.2) is 0 Å². The van der Waals surface area contributed by atoms with E-state index in [0.29, 0.717) is 5.96 Å². The summed E-state index contributed by atoms with van der Waals surface area (Å²) in [6.07, 6.45) is 5.74. The van der Waals surface area contributed by atoms with Crippen LogP contribution in [0.15, 0.2) is 29.5 Å². The van der Waals surface area contributed by atoms with Gasteiger partial charge in [0.25, 0.3) is 0 Å². The van der Waals surface area contributed by atoms with E-state index in [4.69, 9.17) is 5.84 Å². The van der Waals surface area contributed by atoms with E-state index < -0.39 is 0 Å². The molecule has 1 unspecified atom stereocenters. The van der Waals surface area contributed by atoms with E-state index in [9.17, 15) is 0 Å². The maximum Gasteiger partial charge on any atom is 0.206 e. The van der Waals surface area contributed by atoms with Crippen LogP contribution in [-0.2, 0) is 0 Å². The maximum absolute atomic E-state index is 5.43. The first-order valence-electron chi connectivity index (χ1n) is 5.95. The van der Waals surface area contributed by atoms with Gasteiger partial charge in [-0.3, -0.25) is 15.4 Å². The van der Waals surface area contributed by atoms with Crippen molar-refractivity contribution in [3.63, 3.8) is 0 Å². The molecule has 0 radical (unpaired) electrons. The Morgan fingerprint density at radius 2 is 2.18 bits per heavy atom. The topological polar surface area (TPSA) is 75.3 Å². The van der Waals surface area contributed by atoms with Gasteiger partial charge in [-0.05, 0) is 31.0 Å². The fourth-order valence-electron chi connectivity index (χ4n) is 1.42. The van der Waals surface area contributed by atoms with Gasteiger partial charge in [-0.1, -0.05) is 13.3 Å². The van der Waals surface area contributed by atoms with Crippen LogP contribution < -0.4 is 16.6 Å². The van der Waals surface area contributed by atoms with Crippen molar-refractivity contribution in [1.82, 2.24) is 15.7 Å². The molecule has 4 N–H and O–H groups in total. The second-order valence-electron chi connectivity index (χ2n) is 3.87. The van der Waals surface area contributed by atoms with Gasteiger partial charge >= 0.3 is 0 Å². The molecule has 0 aliphatic rings. The summed E-state index contributed by atoms with van der Waals surface area (Å²) >= 11 is 0. The third kappa shape index (κ3) is 4.82. The largest absolute Gasteiger partial charge is 0.349 e. The van der Waals surface area contributed by atoms with Crippen molar-refractivity contribution in [2.75, 3.05) is 6.54 Å². The predicted molar refractivity (Wildman–Crippen MR) is 70.3 cm³/mol. The molecule has 1 aromatic heterocycles. The van der Waals surface area contributed by atoms with Crippen molar-refractivity contribution in [3.05, 3.63) is 30.1 Å². The summed E-state index contributed by atoms with van der Waals surface area (Å²) < 4.78 is 0. The molecule has 5 nitrogen and oxygen atoms in total. The number of hydrogen-bond acceptors (Lipinski definition) is 3. The molecular formula is C12H21N5. The van der Waals surface area contributed by atoms with Gasteiger partial charge in [-0.15, -0.1) is 0 Å². The first kappa shape index (κ1) is 13.4. The van der Waals surface area contributed by atoms with Crippen LogP contribution in [0.25, 0.3) is 0 Å². The highest BCUT2D eigenvalue weighted by Gasteiger charge is 2.06. The average molecular weight is 235 g/mol. The molecular weight excluding hydrogens is 214 g/mol. The van der Waals surface area contributed by atoms with Gasteiger partial charge < -0.3 is 5.32 Å². The second-order valence-corrected chi connectivity index (χ2v) is 3.87. The summed E-state index contributed by atoms with van der Waals surface area (Å²) in [4.78, 5) is 8.34. The summed E-state index contributed by atoms with van der Waals surface area (Å²) in [5.41, 5.74) is 3.74. The number of pyridine rings is 1. The number of hydrazine groups is 1. The molecule has 5 heteroatoms. The van der Waals surface area contributed by atoms with Gasteiger partial charge in [-0.2, -0.15) is 0 Å². The molecule has 0 saturated carbocycles. The Morgan fingerprint density at radius 1 is 1.47 bits per heavy atom. The molecule has 0 saturated heterocycles. The highest BCUT2D eigenvalue weighted by molar-refractivity contribution is 5.79. The number of unbranched alkanes of at least 4 members (excludes halogenated alkanes) is 1. The van der Waals surface area contributed by atoms with E-state index in [-0.39, 0.29) is 6.04 Å². The van der Waals surface area contributed by atoms with Crippen LogP contribution >= 0.6 is 0 Å². The van der Waals surface area contributed by atoms with E-state index in [1.54, 1.807) is 12.4 Å². The van der Waals surface area contributed by atoms with Crippen molar-refractivity contribution in [1.29, 1.82) is 0 Å². The van der Waals surface area contributed by atoms with Gasteiger partial charge in [0.1, 0.15) is 0 Å². The Kier molecular flexibility index (Phi) is 6.03. The van der Waals surface area contributed by atoms with E-state index in [1.807, 2.05) is 12.1 Å².